The number of hydrogen-bond acceptors (Lipinski definition) is 9. The normalized spacial score (nSPS) is 11.8. The van der Waals surface area contributed by atoms with E-state index in [9.17, 15) is 5.26 Å². The monoisotopic (exact) mass is 401 g/mol. The Hall–Kier alpha value is -4.39. The quantitative estimate of drug-likeness (QED) is 0.428. The van der Waals surface area contributed by atoms with Crippen molar-refractivity contribution in [2.75, 3.05) is 16.8 Å². The number of hydrogen-bond donors (Lipinski definition) is 3. The predicted molar refractivity (Wildman–Crippen MR) is 112 cm³/mol. The Morgan fingerprint density at radius 1 is 1.23 bits per heavy atom. The number of nitrogens with one attached hydrogen (secondary N) is 1. The third-order valence-corrected chi connectivity index (χ3v) is 4.50. The molecule has 3 heterocycles. The Bertz CT molecular complexity index is 1280. The molecule has 0 aliphatic carbocycles. The Kier molecular flexibility index (Phi) is 4.77. The van der Waals surface area contributed by atoms with Crippen LogP contribution in [0, 0.1) is 18.3 Å². The number of aryl methyl sites for hydroxylation is 1. The lowest BCUT2D eigenvalue weighted by Crippen LogP contribution is -2.16. The standard InChI is InChI=1S/C20H19N9O/c1-11-6-7-29-16(11)20(30-14-5-3-4-13(22)8-14)27-18(28-29)12(2)26-19-15(9-21)17(23)24-10-25-19/h3-8,10,12H,22H2,1-2H3,(H3,23,24,25,26). The Balaban J connectivity index is 1.73. The number of benzene rings is 1. The maximum atomic E-state index is 9.34. The van der Waals surface area contributed by atoms with Gasteiger partial charge in [-0.2, -0.15) is 15.3 Å². The van der Waals surface area contributed by atoms with Crippen LogP contribution >= 0.6 is 0 Å². The van der Waals surface area contributed by atoms with E-state index in [0.717, 1.165) is 11.1 Å². The smallest absolute Gasteiger partial charge is 0.247 e. The van der Waals surface area contributed by atoms with Crippen molar-refractivity contribution < 1.29 is 4.74 Å². The number of nitriles is 1. The molecule has 0 fully saturated rings. The third kappa shape index (κ3) is 3.51. The van der Waals surface area contributed by atoms with Crippen LogP contribution in [0.4, 0.5) is 17.3 Å². The average molecular weight is 401 g/mol. The van der Waals surface area contributed by atoms with Crippen molar-refractivity contribution in [3.8, 4) is 17.7 Å². The minimum Gasteiger partial charge on any atom is -0.437 e. The van der Waals surface area contributed by atoms with Crippen molar-refractivity contribution in [3.63, 3.8) is 0 Å². The zero-order valence-corrected chi connectivity index (χ0v) is 16.4. The first-order valence-corrected chi connectivity index (χ1v) is 9.12. The zero-order valence-electron chi connectivity index (χ0n) is 16.4. The van der Waals surface area contributed by atoms with Gasteiger partial charge in [0.1, 0.15) is 40.9 Å². The molecule has 4 rings (SSSR count). The third-order valence-electron chi connectivity index (χ3n) is 4.50. The zero-order chi connectivity index (χ0) is 21.3. The van der Waals surface area contributed by atoms with E-state index >= 15 is 0 Å². The summed E-state index contributed by atoms with van der Waals surface area (Å²) >= 11 is 0. The summed E-state index contributed by atoms with van der Waals surface area (Å²) in [4.78, 5) is 12.6. The largest absolute Gasteiger partial charge is 0.437 e. The molecule has 150 valence electrons. The molecule has 30 heavy (non-hydrogen) atoms. The van der Waals surface area contributed by atoms with Crippen LogP contribution in [0.5, 0.6) is 11.6 Å². The predicted octanol–water partition coefficient (Wildman–Crippen LogP) is 2.83. The first-order valence-electron chi connectivity index (χ1n) is 9.12. The van der Waals surface area contributed by atoms with Crippen molar-refractivity contribution >= 4 is 22.8 Å². The number of ether oxygens (including phenoxy) is 1. The fourth-order valence-corrected chi connectivity index (χ4v) is 2.99. The molecule has 5 N–H and O–H groups in total. The van der Waals surface area contributed by atoms with Crippen LogP contribution in [0.2, 0.25) is 0 Å². The summed E-state index contributed by atoms with van der Waals surface area (Å²) < 4.78 is 7.74. The van der Waals surface area contributed by atoms with Gasteiger partial charge in [0.05, 0.1) is 6.04 Å². The van der Waals surface area contributed by atoms with E-state index in [4.69, 9.17) is 16.2 Å². The second-order valence-corrected chi connectivity index (χ2v) is 6.70. The summed E-state index contributed by atoms with van der Waals surface area (Å²) in [6.07, 6.45) is 3.12. The highest BCUT2D eigenvalue weighted by molar-refractivity contribution is 5.64. The number of aromatic nitrogens is 5. The summed E-state index contributed by atoms with van der Waals surface area (Å²) in [6.45, 7) is 3.80. The SMILES string of the molecule is Cc1ccn2nc(C(C)Nc3ncnc(N)c3C#N)nc(Oc3cccc(N)c3)c12. The van der Waals surface area contributed by atoms with Gasteiger partial charge >= 0.3 is 0 Å². The fourth-order valence-electron chi connectivity index (χ4n) is 2.99. The Morgan fingerprint density at radius 3 is 2.83 bits per heavy atom. The molecule has 1 atom stereocenters. The topological polar surface area (TPSA) is 153 Å². The van der Waals surface area contributed by atoms with Crippen LogP contribution in [-0.4, -0.2) is 24.6 Å². The van der Waals surface area contributed by atoms with Gasteiger partial charge in [0.2, 0.25) is 5.88 Å². The fraction of sp³-hybridized carbons (Fsp3) is 0.150. The molecule has 0 saturated carbocycles. The van der Waals surface area contributed by atoms with Gasteiger partial charge in [-0.1, -0.05) is 6.07 Å². The van der Waals surface area contributed by atoms with Gasteiger partial charge in [0, 0.05) is 18.0 Å². The molecule has 0 aliphatic heterocycles. The highest BCUT2D eigenvalue weighted by atomic mass is 16.5. The molecular formula is C20H19N9O. The number of rotatable bonds is 5. The van der Waals surface area contributed by atoms with Crippen LogP contribution in [0.1, 0.15) is 29.9 Å². The lowest BCUT2D eigenvalue weighted by molar-refractivity contribution is 0.457. The Morgan fingerprint density at radius 2 is 2.07 bits per heavy atom. The molecule has 10 nitrogen and oxygen atoms in total. The molecule has 3 aromatic heterocycles. The molecule has 0 aliphatic rings. The van der Waals surface area contributed by atoms with Crippen molar-refractivity contribution in [2.24, 2.45) is 0 Å². The average Bonchev–Trinajstić information content (AvgIpc) is 3.09. The van der Waals surface area contributed by atoms with Crippen molar-refractivity contribution in [1.29, 1.82) is 5.26 Å². The number of fused-ring (bicyclic) bond motifs is 1. The van der Waals surface area contributed by atoms with Crippen LogP contribution in [0.15, 0.2) is 42.9 Å². The summed E-state index contributed by atoms with van der Waals surface area (Å²) in [7, 11) is 0. The molecule has 0 radical (unpaired) electrons. The summed E-state index contributed by atoms with van der Waals surface area (Å²) in [5, 5.41) is 17.0. The first kappa shape index (κ1) is 18.9. The molecule has 1 aromatic carbocycles. The van der Waals surface area contributed by atoms with Crippen LogP contribution in [-0.2, 0) is 0 Å². The molecule has 0 spiro atoms. The number of nitrogens with two attached hydrogens (primary N) is 2. The Labute approximate surface area is 172 Å². The number of anilines is 3. The molecule has 10 heteroatoms. The van der Waals surface area contributed by atoms with E-state index in [1.165, 1.54) is 6.33 Å². The van der Waals surface area contributed by atoms with Crippen molar-refractivity contribution in [2.45, 2.75) is 19.9 Å². The molecular weight excluding hydrogens is 382 g/mol. The van der Waals surface area contributed by atoms with Gasteiger partial charge in [0.15, 0.2) is 5.82 Å². The first-order chi connectivity index (χ1) is 14.5. The molecule has 0 bridgehead atoms. The van der Waals surface area contributed by atoms with Gasteiger partial charge in [0.25, 0.3) is 0 Å². The minimum absolute atomic E-state index is 0.102. The second-order valence-electron chi connectivity index (χ2n) is 6.70. The van der Waals surface area contributed by atoms with E-state index < -0.39 is 6.04 Å². The van der Waals surface area contributed by atoms with Crippen molar-refractivity contribution in [3.05, 3.63) is 59.8 Å². The van der Waals surface area contributed by atoms with E-state index in [0.29, 0.717) is 29.0 Å². The molecule has 1 unspecified atom stereocenters. The van der Waals surface area contributed by atoms with E-state index in [1.54, 1.807) is 22.7 Å². The molecule has 0 amide bonds. The maximum absolute atomic E-state index is 9.34. The van der Waals surface area contributed by atoms with Gasteiger partial charge < -0.3 is 21.5 Å². The molecule has 0 saturated heterocycles. The lowest BCUT2D eigenvalue weighted by Gasteiger charge is -2.16. The summed E-state index contributed by atoms with van der Waals surface area (Å²) in [5.41, 5.74) is 14.1. The highest BCUT2D eigenvalue weighted by Gasteiger charge is 2.19. The van der Waals surface area contributed by atoms with E-state index in [-0.39, 0.29) is 11.4 Å². The lowest BCUT2D eigenvalue weighted by atomic mass is 10.2. The maximum Gasteiger partial charge on any atom is 0.247 e. The summed E-state index contributed by atoms with van der Waals surface area (Å²) in [6, 6.07) is 10.6. The van der Waals surface area contributed by atoms with Crippen LogP contribution in [0.3, 0.4) is 0 Å². The second kappa shape index (κ2) is 7.56. The van der Waals surface area contributed by atoms with Gasteiger partial charge in [-0.05, 0) is 37.6 Å². The van der Waals surface area contributed by atoms with Crippen molar-refractivity contribution in [1.82, 2.24) is 24.6 Å². The van der Waals surface area contributed by atoms with Gasteiger partial charge in [-0.15, -0.1) is 0 Å². The highest BCUT2D eigenvalue weighted by Crippen LogP contribution is 2.29. The number of nitrogen functional groups attached to an aromatic ring is 2. The van der Waals surface area contributed by atoms with E-state index in [1.807, 2.05) is 38.2 Å². The van der Waals surface area contributed by atoms with Gasteiger partial charge in [-0.25, -0.2) is 14.5 Å². The number of nitrogens with zero attached hydrogens (tertiary/aromatic N) is 6. The van der Waals surface area contributed by atoms with Crippen LogP contribution < -0.4 is 21.5 Å². The van der Waals surface area contributed by atoms with Gasteiger partial charge in [-0.3, -0.25) is 0 Å². The van der Waals surface area contributed by atoms with Crippen LogP contribution in [0.25, 0.3) is 5.52 Å². The molecule has 4 aromatic rings. The van der Waals surface area contributed by atoms with E-state index in [2.05, 4.69) is 25.4 Å². The minimum atomic E-state index is -0.401. The summed E-state index contributed by atoms with van der Waals surface area (Å²) in [5.74, 6) is 1.81.